The Morgan fingerprint density at radius 2 is 1.92 bits per heavy atom. The van der Waals surface area contributed by atoms with Gasteiger partial charge < -0.3 is 5.32 Å². The largest absolute Gasteiger partial charge is 0.305 e. The minimum absolute atomic E-state index is 0.142. The molecule has 0 spiro atoms. The van der Waals surface area contributed by atoms with Crippen molar-refractivity contribution in [1.82, 2.24) is 9.38 Å². The van der Waals surface area contributed by atoms with Crippen molar-refractivity contribution in [2.45, 2.75) is 6.92 Å². The number of amides is 1. The van der Waals surface area contributed by atoms with Crippen molar-refractivity contribution in [3.63, 3.8) is 0 Å². The molecule has 0 bridgehead atoms. The quantitative estimate of drug-likeness (QED) is 0.491. The third kappa shape index (κ3) is 2.99. The van der Waals surface area contributed by atoms with Gasteiger partial charge in [0.15, 0.2) is 0 Å². The fourth-order valence-corrected chi connectivity index (χ4v) is 4.01. The van der Waals surface area contributed by atoms with Crippen molar-refractivity contribution >= 4 is 44.6 Å². The van der Waals surface area contributed by atoms with Gasteiger partial charge >= 0.3 is 0 Å². The highest BCUT2D eigenvalue weighted by Gasteiger charge is 2.18. The molecule has 0 unspecified atom stereocenters. The number of carbonyl (C=O) groups excluding carboxylic acids is 1. The SMILES string of the molecule is Cc1cccn2c(NC(=O)c3ccc(Br)s3)c(-c3ccccc3)nc12. The maximum atomic E-state index is 12.7. The van der Waals surface area contributed by atoms with Crippen molar-refractivity contribution in [1.29, 1.82) is 0 Å². The van der Waals surface area contributed by atoms with Gasteiger partial charge in [0.25, 0.3) is 5.91 Å². The van der Waals surface area contributed by atoms with E-state index in [1.54, 1.807) is 6.07 Å². The van der Waals surface area contributed by atoms with Gasteiger partial charge in [0.05, 0.1) is 8.66 Å². The number of benzene rings is 1. The summed E-state index contributed by atoms with van der Waals surface area (Å²) >= 11 is 4.80. The predicted octanol–water partition coefficient (Wildman–Crippen LogP) is 5.39. The molecule has 4 rings (SSSR count). The van der Waals surface area contributed by atoms with Crippen molar-refractivity contribution < 1.29 is 4.79 Å². The van der Waals surface area contributed by atoms with Crippen molar-refractivity contribution in [2.75, 3.05) is 5.32 Å². The van der Waals surface area contributed by atoms with Crippen LogP contribution in [-0.4, -0.2) is 15.3 Å². The number of aryl methyl sites for hydroxylation is 1. The van der Waals surface area contributed by atoms with Crippen molar-refractivity contribution in [3.05, 3.63) is 75.0 Å². The molecule has 0 atom stereocenters. The van der Waals surface area contributed by atoms with Gasteiger partial charge in [-0.1, -0.05) is 36.4 Å². The number of fused-ring (bicyclic) bond motifs is 1. The highest BCUT2D eigenvalue weighted by molar-refractivity contribution is 9.11. The van der Waals surface area contributed by atoms with Crippen LogP contribution in [0.15, 0.2) is 64.6 Å². The zero-order valence-corrected chi connectivity index (χ0v) is 15.8. The average Bonchev–Trinajstić information content (AvgIpc) is 3.21. The lowest BCUT2D eigenvalue weighted by Crippen LogP contribution is -2.12. The molecule has 25 heavy (non-hydrogen) atoms. The maximum absolute atomic E-state index is 12.7. The summed E-state index contributed by atoms with van der Waals surface area (Å²) in [6, 6.07) is 17.5. The van der Waals surface area contributed by atoms with Crippen molar-refractivity contribution in [2.24, 2.45) is 0 Å². The molecule has 0 saturated carbocycles. The van der Waals surface area contributed by atoms with Gasteiger partial charge in [-0.3, -0.25) is 9.20 Å². The Morgan fingerprint density at radius 1 is 1.12 bits per heavy atom. The van der Waals surface area contributed by atoms with E-state index < -0.39 is 0 Å². The first-order valence-electron chi connectivity index (χ1n) is 7.73. The van der Waals surface area contributed by atoms with Crippen molar-refractivity contribution in [3.8, 4) is 11.3 Å². The first-order chi connectivity index (χ1) is 12.1. The van der Waals surface area contributed by atoms with Gasteiger partial charge in [0.1, 0.15) is 17.2 Å². The average molecular weight is 412 g/mol. The Kier molecular flexibility index (Phi) is 4.15. The molecule has 4 nitrogen and oxygen atoms in total. The van der Waals surface area contributed by atoms with Crippen LogP contribution in [0.4, 0.5) is 5.82 Å². The standard InChI is InChI=1S/C19H14BrN3OS/c1-12-6-5-11-23-17(12)21-16(13-7-3-2-4-8-13)18(23)22-19(24)14-9-10-15(20)25-14/h2-11H,1H3,(H,22,24). The summed E-state index contributed by atoms with van der Waals surface area (Å²) in [6.45, 7) is 2.01. The highest BCUT2D eigenvalue weighted by atomic mass is 79.9. The minimum atomic E-state index is -0.142. The number of hydrogen-bond acceptors (Lipinski definition) is 3. The smallest absolute Gasteiger partial charge is 0.266 e. The lowest BCUT2D eigenvalue weighted by Gasteiger charge is -2.07. The molecule has 1 aromatic carbocycles. The lowest BCUT2D eigenvalue weighted by atomic mass is 10.1. The number of rotatable bonds is 3. The zero-order chi connectivity index (χ0) is 17.4. The molecular weight excluding hydrogens is 398 g/mol. The number of hydrogen-bond donors (Lipinski definition) is 1. The van der Waals surface area contributed by atoms with Gasteiger partial charge in [0.2, 0.25) is 0 Å². The Morgan fingerprint density at radius 3 is 2.64 bits per heavy atom. The first kappa shape index (κ1) is 16.1. The summed E-state index contributed by atoms with van der Waals surface area (Å²) < 4.78 is 2.85. The summed E-state index contributed by atoms with van der Waals surface area (Å²) in [5, 5.41) is 3.04. The molecule has 0 aliphatic carbocycles. The third-order valence-electron chi connectivity index (χ3n) is 3.92. The number of aromatic nitrogens is 2. The number of thiophene rings is 1. The van der Waals surface area contributed by atoms with Gasteiger partial charge in [0, 0.05) is 11.8 Å². The Balaban J connectivity index is 1.86. The number of imidazole rings is 1. The second-order valence-corrected chi connectivity index (χ2v) is 8.08. The number of anilines is 1. The van der Waals surface area contributed by atoms with Gasteiger partial charge in [-0.05, 0) is 46.6 Å². The van der Waals surface area contributed by atoms with Crippen LogP contribution in [0.25, 0.3) is 16.9 Å². The normalized spacial score (nSPS) is 11.0. The predicted molar refractivity (Wildman–Crippen MR) is 105 cm³/mol. The van der Waals surface area contributed by atoms with Crippen LogP contribution in [0.5, 0.6) is 0 Å². The number of carbonyl (C=O) groups is 1. The van der Waals surface area contributed by atoms with Gasteiger partial charge in [-0.15, -0.1) is 11.3 Å². The topological polar surface area (TPSA) is 46.4 Å². The highest BCUT2D eigenvalue weighted by Crippen LogP contribution is 2.31. The van der Waals surface area contributed by atoms with Crippen LogP contribution in [0.3, 0.4) is 0 Å². The first-order valence-corrected chi connectivity index (χ1v) is 9.34. The van der Waals surface area contributed by atoms with E-state index >= 15 is 0 Å². The molecule has 3 heterocycles. The molecule has 0 saturated heterocycles. The second-order valence-electron chi connectivity index (χ2n) is 5.62. The number of halogens is 1. The molecule has 1 N–H and O–H groups in total. The van der Waals surface area contributed by atoms with Crippen LogP contribution in [0, 0.1) is 6.92 Å². The molecule has 0 aliphatic rings. The monoisotopic (exact) mass is 411 g/mol. The summed E-state index contributed by atoms with van der Waals surface area (Å²) in [7, 11) is 0. The maximum Gasteiger partial charge on any atom is 0.266 e. The van der Waals surface area contributed by atoms with Gasteiger partial charge in [-0.2, -0.15) is 0 Å². The Labute approximate surface area is 157 Å². The number of pyridine rings is 1. The van der Waals surface area contributed by atoms with Crippen LogP contribution in [0.1, 0.15) is 15.2 Å². The second kappa shape index (κ2) is 6.46. The molecule has 6 heteroatoms. The molecule has 1 amide bonds. The van der Waals surface area contributed by atoms with E-state index in [1.807, 2.05) is 66.1 Å². The summed E-state index contributed by atoms with van der Waals surface area (Å²) in [5.74, 6) is 0.538. The molecule has 3 aromatic heterocycles. The van der Waals surface area contributed by atoms with E-state index in [0.717, 1.165) is 26.3 Å². The molecule has 0 fully saturated rings. The van der Waals surface area contributed by atoms with Crippen LogP contribution >= 0.6 is 27.3 Å². The fourth-order valence-electron chi connectivity index (χ4n) is 2.73. The zero-order valence-electron chi connectivity index (χ0n) is 13.4. The van der Waals surface area contributed by atoms with Crippen LogP contribution < -0.4 is 5.32 Å². The van der Waals surface area contributed by atoms with E-state index in [0.29, 0.717) is 10.7 Å². The van der Waals surface area contributed by atoms with Crippen LogP contribution in [0.2, 0.25) is 0 Å². The lowest BCUT2D eigenvalue weighted by molar-refractivity contribution is 0.103. The Bertz CT molecular complexity index is 1070. The Hall–Kier alpha value is -2.44. The van der Waals surface area contributed by atoms with Crippen LogP contribution in [-0.2, 0) is 0 Å². The van der Waals surface area contributed by atoms with E-state index in [9.17, 15) is 4.79 Å². The number of nitrogens with zero attached hydrogens (tertiary/aromatic N) is 2. The van der Waals surface area contributed by atoms with E-state index in [1.165, 1.54) is 11.3 Å². The molecule has 0 radical (unpaired) electrons. The summed E-state index contributed by atoms with van der Waals surface area (Å²) in [6.07, 6.45) is 1.92. The number of nitrogens with one attached hydrogen (secondary N) is 1. The summed E-state index contributed by atoms with van der Waals surface area (Å²) in [5.41, 5.74) is 3.62. The van der Waals surface area contributed by atoms with E-state index in [4.69, 9.17) is 4.98 Å². The third-order valence-corrected chi connectivity index (χ3v) is 5.54. The summed E-state index contributed by atoms with van der Waals surface area (Å²) in [4.78, 5) is 18.1. The fraction of sp³-hybridized carbons (Fsp3) is 0.0526. The van der Waals surface area contributed by atoms with E-state index in [-0.39, 0.29) is 5.91 Å². The minimum Gasteiger partial charge on any atom is -0.305 e. The van der Waals surface area contributed by atoms with E-state index in [2.05, 4.69) is 21.2 Å². The molecular formula is C19H14BrN3OS. The molecule has 124 valence electrons. The molecule has 0 aliphatic heterocycles. The van der Waals surface area contributed by atoms with Gasteiger partial charge in [-0.25, -0.2) is 4.98 Å². The molecule has 4 aromatic rings.